The van der Waals surface area contributed by atoms with E-state index in [1.807, 2.05) is 22.4 Å². The van der Waals surface area contributed by atoms with Crippen molar-refractivity contribution in [2.24, 2.45) is 0 Å². The fourth-order valence-corrected chi connectivity index (χ4v) is 3.94. The van der Waals surface area contributed by atoms with Gasteiger partial charge in [0.05, 0.1) is 27.3 Å². The Bertz CT molecular complexity index is 670. The van der Waals surface area contributed by atoms with E-state index in [9.17, 15) is 10.1 Å². The third-order valence-corrected chi connectivity index (χ3v) is 5.00. The van der Waals surface area contributed by atoms with Gasteiger partial charge in [-0.05, 0) is 11.4 Å². The van der Waals surface area contributed by atoms with Gasteiger partial charge in [-0.25, -0.2) is 0 Å². The van der Waals surface area contributed by atoms with Crippen LogP contribution in [0.25, 0.3) is 0 Å². The number of ether oxygens (including phenoxy) is 1. The topological polar surface area (TPSA) is 55.6 Å². The molecule has 0 radical (unpaired) electrons. The van der Waals surface area contributed by atoms with Crippen molar-refractivity contribution in [1.82, 2.24) is 0 Å². The van der Waals surface area contributed by atoms with Crippen molar-refractivity contribution in [3.05, 3.63) is 54.7 Å². The molecule has 116 valence electrons. The molecule has 5 nitrogen and oxygen atoms in total. The van der Waals surface area contributed by atoms with Gasteiger partial charge in [0.25, 0.3) is 5.69 Å². The van der Waals surface area contributed by atoms with Crippen molar-refractivity contribution in [2.75, 3.05) is 24.6 Å². The molecule has 3 rings (SSSR count). The first kappa shape index (κ1) is 15.6. The second-order valence-corrected chi connectivity index (χ2v) is 6.63. The standard InChI is InChI=1S/C14H12Cl2N2O3S/c15-10-6-9(18(19)20)7-11(16)14(10)17-3-4-21-12(8-17)13-2-1-5-22-13/h1-2,5-7,12H,3-4,8H2. The smallest absolute Gasteiger partial charge is 0.272 e. The molecule has 1 aliphatic rings. The minimum atomic E-state index is -0.505. The molecule has 1 fully saturated rings. The molecule has 1 atom stereocenters. The second kappa shape index (κ2) is 6.42. The van der Waals surface area contributed by atoms with Crippen LogP contribution in [0, 0.1) is 10.1 Å². The summed E-state index contributed by atoms with van der Waals surface area (Å²) < 4.78 is 5.79. The largest absolute Gasteiger partial charge is 0.369 e. The van der Waals surface area contributed by atoms with Gasteiger partial charge < -0.3 is 9.64 Å². The number of nitro benzene ring substituents is 1. The van der Waals surface area contributed by atoms with E-state index in [1.54, 1.807) is 11.3 Å². The Kier molecular flexibility index (Phi) is 4.54. The number of rotatable bonds is 3. The van der Waals surface area contributed by atoms with E-state index in [2.05, 4.69) is 0 Å². The molecular weight excluding hydrogens is 347 g/mol. The first-order valence-corrected chi connectivity index (χ1v) is 8.23. The maximum atomic E-state index is 10.9. The fraction of sp³-hybridized carbons (Fsp3) is 0.286. The predicted molar refractivity (Wildman–Crippen MR) is 88.3 cm³/mol. The zero-order valence-corrected chi connectivity index (χ0v) is 13.7. The number of benzene rings is 1. The number of anilines is 1. The summed E-state index contributed by atoms with van der Waals surface area (Å²) in [6, 6.07) is 6.67. The molecule has 1 unspecified atom stereocenters. The van der Waals surface area contributed by atoms with E-state index in [-0.39, 0.29) is 21.8 Å². The summed E-state index contributed by atoms with van der Waals surface area (Å²) in [6.07, 6.45) is -0.0453. The molecule has 0 amide bonds. The summed E-state index contributed by atoms with van der Waals surface area (Å²) in [5, 5.41) is 13.4. The van der Waals surface area contributed by atoms with E-state index in [1.165, 1.54) is 12.1 Å². The van der Waals surface area contributed by atoms with Crippen LogP contribution in [0.2, 0.25) is 10.0 Å². The molecule has 1 aliphatic heterocycles. The third-order valence-electron chi connectivity index (χ3n) is 3.46. The van der Waals surface area contributed by atoms with E-state index >= 15 is 0 Å². The third kappa shape index (κ3) is 3.05. The molecule has 0 saturated carbocycles. The lowest BCUT2D eigenvalue weighted by atomic mass is 10.2. The summed E-state index contributed by atoms with van der Waals surface area (Å²) >= 11 is 14.1. The Labute approximate surface area is 141 Å². The lowest BCUT2D eigenvalue weighted by Crippen LogP contribution is -2.38. The van der Waals surface area contributed by atoms with Crippen LogP contribution in [0.4, 0.5) is 11.4 Å². The maximum Gasteiger partial charge on any atom is 0.272 e. The van der Waals surface area contributed by atoms with Crippen molar-refractivity contribution in [2.45, 2.75) is 6.10 Å². The number of non-ortho nitro benzene ring substituents is 1. The molecule has 2 aromatic rings. The van der Waals surface area contributed by atoms with Crippen LogP contribution in [-0.2, 0) is 4.74 Å². The van der Waals surface area contributed by atoms with Crippen LogP contribution >= 0.6 is 34.5 Å². The van der Waals surface area contributed by atoms with Crippen molar-refractivity contribution in [3.8, 4) is 0 Å². The van der Waals surface area contributed by atoms with E-state index in [0.717, 1.165) is 4.88 Å². The highest BCUT2D eigenvalue weighted by Crippen LogP contribution is 2.39. The number of nitro groups is 1. The van der Waals surface area contributed by atoms with Gasteiger partial charge in [-0.2, -0.15) is 0 Å². The van der Waals surface area contributed by atoms with Crippen LogP contribution in [0.1, 0.15) is 11.0 Å². The zero-order chi connectivity index (χ0) is 15.7. The van der Waals surface area contributed by atoms with Crippen molar-refractivity contribution in [3.63, 3.8) is 0 Å². The highest BCUT2D eigenvalue weighted by molar-refractivity contribution is 7.10. The Balaban J connectivity index is 1.89. The summed E-state index contributed by atoms with van der Waals surface area (Å²) in [7, 11) is 0. The van der Waals surface area contributed by atoms with Gasteiger partial charge in [-0.1, -0.05) is 29.3 Å². The summed E-state index contributed by atoms with van der Waals surface area (Å²) in [5.41, 5.74) is 0.514. The highest BCUT2D eigenvalue weighted by Gasteiger charge is 2.27. The molecule has 0 aliphatic carbocycles. The maximum absolute atomic E-state index is 10.9. The Morgan fingerprint density at radius 3 is 2.68 bits per heavy atom. The number of hydrogen-bond acceptors (Lipinski definition) is 5. The van der Waals surface area contributed by atoms with Gasteiger partial charge in [0.15, 0.2) is 0 Å². The quantitative estimate of drug-likeness (QED) is 0.596. The van der Waals surface area contributed by atoms with Gasteiger partial charge in [0.2, 0.25) is 0 Å². The van der Waals surface area contributed by atoms with Crippen LogP contribution in [0.15, 0.2) is 29.6 Å². The molecule has 1 saturated heterocycles. The molecule has 1 aromatic carbocycles. The fourth-order valence-electron chi connectivity index (χ4n) is 2.46. The number of nitrogens with zero attached hydrogens (tertiary/aromatic N) is 2. The normalized spacial score (nSPS) is 18.5. The SMILES string of the molecule is O=[N+]([O-])c1cc(Cl)c(N2CCOC(c3cccs3)C2)c(Cl)c1. The van der Waals surface area contributed by atoms with E-state index in [0.29, 0.717) is 25.4 Å². The second-order valence-electron chi connectivity index (χ2n) is 4.84. The Morgan fingerprint density at radius 1 is 1.36 bits per heavy atom. The van der Waals surface area contributed by atoms with Crippen LogP contribution in [0.3, 0.4) is 0 Å². The average molecular weight is 359 g/mol. The van der Waals surface area contributed by atoms with Crippen LogP contribution in [-0.4, -0.2) is 24.6 Å². The Hall–Kier alpha value is -1.34. The molecule has 1 aromatic heterocycles. The minimum Gasteiger partial charge on any atom is -0.369 e. The van der Waals surface area contributed by atoms with Crippen molar-refractivity contribution >= 4 is 45.9 Å². The summed E-state index contributed by atoms with van der Waals surface area (Å²) in [4.78, 5) is 13.5. The van der Waals surface area contributed by atoms with E-state index < -0.39 is 4.92 Å². The van der Waals surface area contributed by atoms with Crippen LogP contribution < -0.4 is 4.90 Å². The number of hydrogen-bond donors (Lipinski definition) is 0. The zero-order valence-electron chi connectivity index (χ0n) is 11.4. The number of halogens is 2. The molecule has 22 heavy (non-hydrogen) atoms. The van der Waals surface area contributed by atoms with Crippen molar-refractivity contribution < 1.29 is 9.66 Å². The van der Waals surface area contributed by atoms with Gasteiger partial charge in [0, 0.05) is 30.1 Å². The molecule has 0 bridgehead atoms. The van der Waals surface area contributed by atoms with Crippen LogP contribution in [0.5, 0.6) is 0 Å². The summed E-state index contributed by atoms with van der Waals surface area (Å²) in [5.74, 6) is 0. The lowest BCUT2D eigenvalue weighted by Gasteiger charge is -2.35. The first-order valence-electron chi connectivity index (χ1n) is 6.59. The highest BCUT2D eigenvalue weighted by atomic mass is 35.5. The monoisotopic (exact) mass is 358 g/mol. The molecular formula is C14H12Cl2N2O3S. The molecule has 0 spiro atoms. The van der Waals surface area contributed by atoms with Gasteiger partial charge in [-0.15, -0.1) is 11.3 Å². The number of morpholine rings is 1. The van der Waals surface area contributed by atoms with Gasteiger partial charge in [-0.3, -0.25) is 10.1 Å². The predicted octanol–water partition coefficient (Wildman–Crippen LogP) is 4.54. The number of thiophene rings is 1. The van der Waals surface area contributed by atoms with Gasteiger partial charge in [0.1, 0.15) is 6.10 Å². The minimum absolute atomic E-state index is 0.0453. The van der Waals surface area contributed by atoms with E-state index in [4.69, 9.17) is 27.9 Å². The molecule has 8 heteroatoms. The van der Waals surface area contributed by atoms with Crippen molar-refractivity contribution in [1.29, 1.82) is 0 Å². The lowest BCUT2D eigenvalue weighted by molar-refractivity contribution is -0.384. The van der Waals surface area contributed by atoms with Gasteiger partial charge >= 0.3 is 0 Å². The summed E-state index contributed by atoms with van der Waals surface area (Å²) in [6.45, 7) is 1.79. The first-order chi connectivity index (χ1) is 10.6. The molecule has 2 heterocycles. The molecule has 0 N–H and O–H groups in total. The average Bonchev–Trinajstić information content (AvgIpc) is 3.01. The Morgan fingerprint density at radius 2 is 2.09 bits per heavy atom.